The highest BCUT2D eigenvalue weighted by Crippen LogP contribution is 2.45. The van der Waals surface area contributed by atoms with Gasteiger partial charge in [0.1, 0.15) is 0 Å². The van der Waals surface area contributed by atoms with Crippen molar-refractivity contribution in [3.8, 4) is 0 Å². The van der Waals surface area contributed by atoms with E-state index < -0.39 is 7.37 Å². The zero-order valence-corrected chi connectivity index (χ0v) is 11.3. The molecule has 90 valence electrons. The molecule has 0 fully saturated rings. The molecule has 2 nitrogen and oxygen atoms in total. The Morgan fingerprint density at radius 2 is 1.94 bits per heavy atom. The highest BCUT2D eigenvalue weighted by molar-refractivity contribution is 7.58. The summed E-state index contributed by atoms with van der Waals surface area (Å²) in [6, 6.07) is 7.46. The maximum absolute atomic E-state index is 11.8. The van der Waals surface area contributed by atoms with Gasteiger partial charge in [-0.2, -0.15) is 0 Å². The van der Waals surface area contributed by atoms with Gasteiger partial charge in [-0.25, -0.2) is 0 Å². The molecule has 1 N–H and O–H groups in total. The first-order chi connectivity index (χ1) is 7.44. The quantitative estimate of drug-likeness (QED) is 0.809. The third kappa shape index (κ3) is 4.29. The van der Waals surface area contributed by atoms with Gasteiger partial charge in [0.15, 0.2) is 0 Å². The number of halogens is 1. The van der Waals surface area contributed by atoms with Crippen molar-refractivity contribution >= 4 is 19.0 Å². The monoisotopic (exact) mass is 260 g/mol. The highest BCUT2D eigenvalue weighted by Gasteiger charge is 2.21. The topological polar surface area (TPSA) is 37.3 Å². The van der Waals surface area contributed by atoms with Gasteiger partial charge in [0.25, 0.3) is 0 Å². The van der Waals surface area contributed by atoms with Gasteiger partial charge in [0, 0.05) is 17.3 Å². The van der Waals surface area contributed by atoms with Crippen LogP contribution in [0.5, 0.6) is 0 Å². The molecule has 0 aliphatic carbocycles. The van der Waals surface area contributed by atoms with E-state index in [1.807, 2.05) is 38.1 Å². The van der Waals surface area contributed by atoms with Crippen LogP contribution in [-0.2, 0) is 4.57 Å². The van der Waals surface area contributed by atoms with Crippen LogP contribution in [0.1, 0.15) is 31.7 Å². The Labute approximate surface area is 102 Å². The van der Waals surface area contributed by atoms with E-state index in [2.05, 4.69) is 0 Å². The van der Waals surface area contributed by atoms with Gasteiger partial charge >= 0.3 is 0 Å². The van der Waals surface area contributed by atoms with E-state index in [0.29, 0.717) is 17.3 Å². The second-order valence-corrected chi connectivity index (χ2v) is 7.15. The first kappa shape index (κ1) is 13.8. The summed E-state index contributed by atoms with van der Waals surface area (Å²) >= 11 is 5.80. The van der Waals surface area contributed by atoms with Crippen LogP contribution in [-0.4, -0.2) is 17.2 Å². The lowest BCUT2D eigenvalue weighted by atomic mass is 10.0. The summed E-state index contributed by atoms with van der Waals surface area (Å²) in [6.45, 7) is 3.90. The van der Waals surface area contributed by atoms with Gasteiger partial charge in [0.05, 0.1) is 0 Å². The molecule has 2 unspecified atom stereocenters. The molecular weight excluding hydrogens is 243 g/mol. The third-order valence-electron chi connectivity index (χ3n) is 2.57. The van der Waals surface area contributed by atoms with Crippen LogP contribution in [0.15, 0.2) is 24.3 Å². The first-order valence-electron chi connectivity index (χ1n) is 5.51. The maximum Gasteiger partial charge on any atom is 0.201 e. The van der Waals surface area contributed by atoms with Crippen molar-refractivity contribution in [2.24, 2.45) is 0 Å². The molecule has 1 rings (SSSR count). The van der Waals surface area contributed by atoms with E-state index in [-0.39, 0.29) is 5.92 Å². The van der Waals surface area contributed by atoms with Crippen LogP contribution in [0.25, 0.3) is 0 Å². The van der Waals surface area contributed by atoms with Crippen LogP contribution < -0.4 is 0 Å². The van der Waals surface area contributed by atoms with Crippen LogP contribution in [0, 0.1) is 0 Å². The van der Waals surface area contributed by atoms with Gasteiger partial charge in [-0.05, 0) is 30.0 Å². The second kappa shape index (κ2) is 5.86. The molecule has 0 bridgehead atoms. The van der Waals surface area contributed by atoms with E-state index in [0.717, 1.165) is 12.0 Å². The van der Waals surface area contributed by atoms with Crippen molar-refractivity contribution in [1.29, 1.82) is 0 Å². The predicted octanol–water partition coefficient (Wildman–Crippen LogP) is 4.12. The molecule has 0 saturated carbocycles. The van der Waals surface area contributed by atoms with Crippen molar-refractivity contribution in [3.63, 3.8) is 0 Å². The molecular formula is C12H18ClO2P. The van der Waals surface area contributed by atoms with Crippen LogP contribution in [0.3, 0.4) is 0 Å². The van der Waals surface area contributed by atoms with Gasteiger partial charge < -0.3 is 4.89 Å². The Morgan fingerprint density at radius 1 is 1.38 bits per heavy atom. The van der Waals surface area contributed by atoms with Gasteiger partial charge in [0.2, 0.25) is 7.37 Å². The Bertz CT molecular complexity index is 375. The van der Waals surface area contributed by atoms with Gasteiger partial charge in [-0.15, -0.1) is 0 Å². The zero-order chi connectivity index (χ0) is 12.2. The summed E-state index contributed by atoms with van der Waals surface area (Å²) in [7, 11) is -2.96. The molecule has 1 aromatic carbocycles. The van der Waals surface area contributed by atoms with Crippen molar-refractivity contribution in [2.45, 2.75) is 26.2 Å². The molecule has 0 aliphatic rings. The average Bonchev–Trinajstić information content (AvgIpc) is 2.17. The number of hydrogen-bond acceptors (Lipinski definition) is 1. The van der Waals surface area contributed by atoms with Crippen molar-refractivity contribution in [3.05, 3.63) is 34.9 Å². The van der Waals surface area contributed by atoms with Crippen molar-refractivity contribution in [1.82, 2.24) is 0 Å². The van der Waals surface area contributed by atoms with E-state index in [9.17, 15) is 9.46 Å². The summed E-state index contributed by atoms with van der Waals surface area (Å²) in [6.07, 6.45) is 1.51. The lowest BCUT2D eigenvalue weighted by Crippen LogP contribution is -2.03. The Hall–Kier alpha value is -0.300. The Kier molecular flexibility index (Phi) is 5.04. The predicted molar refractivity (Wildman–Crippen MR) is 69.7 cm³/mol. The summed E-state index contributed by atoms with van der Waals surface area (Å²) in [5.74, 6) is 0.0969. The molecule has 0 radical (unpaired) electrons. The summed E-state index contributed by atoms with van der Waals surface area (Å²) < 4.78 is 11.8. The normalized spacial score (nSPS) is 16.8. The Balaban J connectivity index is 2.68. The fraction of sp³-hybridized carbons (Fsp3) is 0.500. The van der Waals surface area contributed by atoms with Crippen LogP contribution >= 0.6 is 19.0 Å². The van der Waals surface area contributed by atoms with E-state index in [4.69, 9.17) is 11.6 Å². The van der Waals surface area contributed by atoms with Crippen LogP contribution in [0.4, 0.5) is 0 Å². The average molecular weight is 261 g/mol. The summed E-state index contributed by atoms with van der Waals surface area (Å²) in [4.78, 5) is 9.73. The molecule has 0 saturated heterocycles. The minimum Gasteiger partial charge on any atom is -0.344 e. The first-order valence-corrected chi connectivity index (χ1v) is 7.91. The lowest BCUT2D eigenvalue weighted by Gasteiger charge is -2.16. The SMILES string of the molecule is CCCP(=O)(O)CC(C)c1ccc(Cl)cc1. The van der Waals surface area contributed by atoms with Gasteiger partial charge in [-0.1, -0.05) is 37.6 Å². The van der Waals surface area contributed by atoms with Crippen LogP contribution in [0.2, 0.25) is 5.02 Å². The minimum atomic E-state index is -2.96. The fourth-order valence-electron chi connectivity index (χ4n) is 1.77. The van der Waals surface area contributed by atoms with Crippen molar-refractivity contribution < 1.29 is 9.46 Å². The van der Waals surface area contributed by atoms with E-state index in [1.54, 1.807) is 0 Å². The summed E-state index contributed by atoms with van der Waals surface area (Å²) in [5.41, 5.74) is 1.06. The van der Waals surface area contributed by atoms with Gasteiger partial charge in [-0.3, -0.25) is 4.57 Å². The molecule has 0 aliphatic heterocycles. The summed E-state index contributed by atoms with van der Waals surface area (Å²) in [5, 5.41) is 0.691. The Morgan fingerprint density at radius 3 is 2.44 bits per heavy atom. The molecule has 0 amide bonds. The van der Waals surface area contributed by atoms with Crippen molar-refractivity contribution in [2.75, 3.05) is 12.3 Å². The molecule has 0 heterocycles. The minimum absolute atomic E-state index is 0.0969. The highest BCUT2D eigenvalue weighted by atomic mass is 35.5. The zero-order valence-electron chi connectivity index (χ0n) is 9.69. The second-order valence-electron chi connectivity index (χ2n) is 4.21. The third-order valence-corrected chi connectivity index (χ3v) is 5.09. The maximum atomic E-state index is 11.8. The van der Waals surface area contributed by atoms with E-state index >= 15 is 0 Å². The fourth-order valence-corrected chi connectivity index (χ4v) is 3.84. The largest absolute Gasteiger partial charge is 0.344 e. The number of benzene rings is 1. The molecule has 1 aromatic rings. The smallest absolute Gasteiger partial charge is 0.201 e. The lowest BCUT2D eigenvalue weighted by molar-refractivity contribution is 0.472. The molecule has 4 heteroatoms. The molecule has 16 heavy (non-hydrogen) atoms. The standard InChI is InChI=1S/C12H18ClO2P/c1-3-8-16(14,15)9-10(2)11-4-6-12(13)7-5-11/h4-7,10H,3,8-9H2,1-2H3,(H,14,15). The number of rotatable bonds is 5. The molecule has 0 spiro atoms. The number of hydrogen-bond donors (Lipinski definition) is 1. The van der Waals surface area contributed by atoms with E-state index in [1.165, 1.54) is 0 Å². The molecule has 2 atom stereocenters. The molecule has 0 aromatic heterocycles.